The normalized spacial score (nSPS) is 19.9. The second-order valence-electron chi connectivity index (χ2n) is 4.95. The van der Waals surface area contributed by atoms with Crippen LogP contribution in [0.25, 0.3) is 0 Å². The summed E-state index contributed by atoms with van der Waals surface area (Å²) < 4.78 is 1.06. The van der Waals surface area contributed by atoms with Crippen LogP contribution in [0.3, 0.4) is 0 Å². The van der Waals surface area contributed by atoms with Crippen LogP contribution in [-0.4, -0.2) is 23.4 Å². The van der Waals surface area contributed by atoms with E-state index in [1.165, 1.54) is 12.8 Å². The Labute approximate surface area is 117 Å². The first-order chi connectivity index (χ1) is 8.70. The van der Waals surface area contributed by atoms with Gasteiger partial charge in [0, 0.05) is 17.1 Å². The molecule has 1 amide bonds. The lowest BCUT2D eigenvalue weighted by atomic mass is 9.99. The third kappa shape index (κ3) is 3.35. The minimum Gasteiger partial charge on any atom is -0.339 e. The molecule has 1 unspecified atom stereocenters. The standard InChI is InChI=1S/C15H20BrNO/c1-2-14-5-3-4-10-17(14)15(18)11-12-6-8-13(16)9-7-12/h6-9,14H,2-5,10-11H2,1H3. The van der Waals surface area contributed by atoms with Gasteiger partial charge in [0.05, 0.1) is 6.42 Å². The molecule has 0 bridgehead atoms. The van der Waals surface area contributed by atoms with Crippen LogP contribution in [0, 0.1) is 0 Å². The lowest BCUT2D eigenvalue weighted by Crippen LogP contribution is -2.44. The summed E-state index contributed by atoms with van der Waals surface area (Å²) in [5, 5.41) is 0. The van der Waals surface area contributed by atoms with Gasteiger partial charge in [-0.05, 0) is 43.4 Å². The number of carbonyl (C=O) groups excluding carboxylic acids is 1. The summed E-state index contributed by atoms with van der Waals surface area (Å²) in [6.45, 7) is 3.11. The molecule has 0 radical (unpaired) electrons. The van der Waals surface area contributed by atoms with Gasteiger partial charge in [-0.15, -0.1) is 0 Å². The highest BCUT2D eigenvalue weighted by Crippen LogP contribution is 2.21. The van der Waals surface area contributed by atoms with Crippen LogP contribution in [0.4, 0.5) is 0 Å². The monoisotopic (exact) mass is 309 g/mol. The molecule has 2 rings (SSSR count). The molecule has 1 aliphatic rings. The van der Waals surface area contributed by atoms with E-state index >= 15 is 0 Å². The van der Waals surface area contributed by atoms with Crippen molar-refractivity contribution in [3.63, 3.8) is 0 Å². The van der Waals surface area contributed by atoms with E-state index < -0.39 is 0 Å². The van der Waals surface area contributed by atoms with Crippen molar-refractivity contribution in [1.29, 1.82) is 0 Å². The van der Waals surface area contributed by atoms with Crippen LogP contribution in [0.5, 0.6) is 0 Å². The van der Waals surface area contributed by atoms with Crippen LogP contribution < -0.4 is 0 Å². The fourth-order valence-corrected chi connectivity index (χ4v) is 2.90. The fourth-order valence-electron chi connectivity index (χ4n) is 2.63. The van der Waals surface area contributed by atoms with Gasteiger partial charge in [-0.3, -0.25) is 4.79 Å². The Kier molecular flexibility index (Phi) is 4.81. The number of hydrogen-bond acceptors (Lipinski definition) is 1. The number of carbonyl (C=O) groups is 1. The minimum atomic E-state index is 0.281. The summed E-state index contributed by atoms with van der Waals surface area (Å²) in [5.41, 5.74) is 1.10. The Bertz CT molecular complexity index is 401. The van der Waals surface area contributed by atoms with Crippen molar-refractivity contribution in [1.82, 2.24) is 4.90 Å². The number of amides is 1. The molecule has 3 heteroatoms. The Morgan fingerprint density at radius 1 is 1.33 bits per heavy atom. The third-order valence-electron chi connectivity index (χ3n) is 3.69. The van der Waals surface area contributed by atoms with Gasteiger partial charge < -0.3 is 4.90 Å². The second-order valence-corrected chi connectivity index (χ2v) is 5.86. The van der Waals surface area contributed by atoms with Crippen molar-refractivity contribution in [2.24, 2.45) is 0 Å². The molecule has 18 heavy (non-hydrogen) atoms. The average molecular weight is 310 g/mol. The van der Waals surface area contributed by atoms with Gasteiger partial charge in [-0.2, -0.15) is 0 Å². The summed E-state index contributed by atoms with van der Waals surface area (Å²) in [4.78, 5) is 14.4. The van der Waals surface area contributed by atoms with Crippen LogP contribution in [0.15, 0.2) is 28.7 Å². The third-order valence-corrected chi connectivity index (χ3v) is 4.22. The van der Waals surface area contributed by atoms with Crippen molar-refractivity contribution in [3.8, 4) is 0 Å². The molecule has 0 N–H and O–H groups in total. The molecule has 1 aliphatic heterocycles. The van der Waals surface area contributed by atoms with E-state index in [0.717, 1.165) is 29.4 Å². The Hall–Kier alpha value is -0.830. The smallest absolute Gasteiger partial charge is 0.227 e. The lowest BCUT2D eigenvalue weighted by molar-refractivity contribution is -0.134. The van der Waals surface area contributed by atoms with Crippen molar-refractivity contribution in [3.05, 3.63) is 34.3 Å². The number of nitrogens with zero attached hydrogens (tertiary/aromatic N) is 1. The summed E-state index contributed by atoms with van der Waals surface area (Å²) in [7, 11) is 0. The van der Waals surface area contributed by atoms with Crippen LogP contribution in [-0.2, 0) is 11.2 Å². The number of benzene rings is 1. The highest BCUT2D eigenvalue weighted by atomic mass is 79.9. The van der Waals surface area contributed by atoms with E-state index in [2.05, 4.69) is 27.8 Å². The molecule has 1 aromatic carbocycles. The summed E-state index contributed by atoms with van der Waals surface area (Å²) in [6.07, 6.45) is 5.20. The number of rotatable bonds is 3. The van der Waals surface area contributed by atoms with Gasteiger partial charge in [0.2, 0.25) is 5.91 Å². The van der Waals surface area contributed by atoms with E-state index in [9.17, 15) is 4.79 Å². The zero-order valence-electron chi connectivity index (χ0n) is 10.9. The number of likely N-dealkylation sites (tertiary alicyclic amines) is 1. The maximum Gasteiger partial charge on any atom is 0.227 e. The molecule has 0 saturated carbocycles. The highest BCUT2D eigenvalue weighted by Gasteiger charge is 2.24. The molecule has 0 aromatic heterocycles. The molecule has 98 valence electrons. The van der Waals surface area contributed by atoms with Crippen LogP contribution in [0.2, 0.25) is 0 Å². The Morgan fingerprint density at radius 2 is 2.06 bits per heavy atom. The molecule has 0 spiro atoms. The van der Waals surface area contributed by atoms with E-state index in [1.54, 1.807) is 0 Å². The summed E-state index contributed by atoms with van der Waals surface area (Å²) in [6, 6.07) is 8.49. The first-order valence-electron chi connectivity index (χ1n) is 6.74. The first-order valence-corrected chi connectivity index (χ1v) is 7.54. The Morgan fingerprint density at radius 3 is 2.72 bits per heavy atom. The Balaban J connectivity index is 2.00. The second kappa shape index (κ2) is 6.37. The van der Waals surface area contributed by atoms with Gasteiger partial charge >= 0.3 is 0 Å². The molecule has 1 saturated heterocycles. The molecule has 1 heterocycles. The zero-order chi connectivity index (χ0) is 13.0. The van der Waals surface area contributed by atoms with Crippen molar-refractivity contribution in [2.45, 2.75) is 45.1 Å². The molecule has 1 aromatic rings. The predicted molar refractivity (Wildman–Crippen MR) is 77.5 cm³/mol. The highest BCUT2D eigenvalue weighted by molar-refractivity contribution is 9.10. The van der Waals surface area contributed by atoms with Crippen LogP contribution in [0.1, 0.15) is 38.2 Å². The molecule has 2 nitrogen and oxygen atoms in total. The molecular weight excluding hydrogens is 290 g/mol. The molecule has 1 atom stereocenters. The summed E-state index contributed by atoms with van der Waals surface area (Å²) >= 11 is 3.41. The van der Waals surface area contributed by atoms with Gasteiger partial charge in [-0.1, -0.05) is 35.0 Å². The predicted octanol–water partition coefficient (Wildman–Crippen LogP) is 3.78. The van der Waals surface area contributed by atoms with E-state index in [-0.39, 0.29) is 5.91 Å². The molecule has 1 fully saturated rings. The van der Waals surface area contributed by atoms with E-state index in [4.69, 9.17) is 0 Å². The molecular formula is C15H20BrNO. The quantitative estimate of drug-likeness (QED) is 0.832. The fraction of sp³-hybridized carbons (Fsp3) is 0.533. The van der Waals surface area contributed by atoms with Gasteiger partial charge in [0.15, 0.2) is 0 Å². The van der Waals surface area contributed by atoms with Crippen molar-refractivity contribution in [2.75, 3.05) is 6.54 Å². The van der Waals surface area contributed by atoms with E-state index in [0.29, 0.717) is 12.5 Å². The summed E-state index contributed by atoms with van der Waals surface area (Å²) in [5.74, 6) is 0.281. The minimum absolute atomic E-state index is 0.281. The first kappa shape index (κ1) is 13.6. The zero-order valence-corrected chi connectivity index (χ0v) is 12.4. The largest absolute Gasteiger partial charge is 0.339 e. The number of hydrogen-bond donors (Lipinski definition) is 0. The lowest BCUT2D eigenvalue weighted by Gasteiger charge is -2.35. The van der Waals surface area contributed by atoms with Crippen molar-refractivity contribution < 1.29 is 4.79 Å². The number of piperidine rings is 1. The van der Waals surface area contributed by atoms with Gasteiger partial charge in [0.25, 0.3) is 0 Å². The van der Waals surface area contributed by atoms with Gasteiger partial charge in [0.1, 0.15) is 0 Å². The molecule has 0 aliphatic carbocycles. The maximum atomic E-state index is 12.3. The maximum absolute atomic E-state index is 12.3. The topological polar surface area (TPSA) is 20.3 Å². The van der Waals surface area contributed by atoms with Crippen molar-refractivity contribution >= 4 is 21.8 Å². The average Bonchev–Trinajstić information content (AvgIpc) is 2.41. The number of halogens is 1. The van der Waals surface area contributed by atoms with Gasteiger partial charge in [-0.25, -0.2) is 0 Å². The SMILES string of the molecule is CCC1CCCCN1C(=O)Cc1ccc(Br)cc1. The van der Waals surface area contributed by atoms with E-state index in [1.807, 2.05) is 24.3 Å². The van der Waals surface area contributed by atoms with Crippen LogP contribution >= 0.6 is 15.9 Å².